The van der Waals surface area contributed by atoms with Gasteiger partial charge in [0.2, 0.25) is 11.9 Å². The highest BCUT2D eigenvalue weighted by Crippen LogP contribution is 2.25. The van der Waals surface area contributed by atoms with Crippen LogP contribution in [0, 0.1) is 13.8 Å². The average Bonchev–Trinajstić information content (AvgIpc) is 3.59. The van der Waals surface area contributed by atoms with Crippen molar-refractivity contribution in [1.29, 1.82) is 0 Å². The lowest BCUT2D eigenvalue weighted by Crippen LogP contribution is -2.42. The van der Waals surface area contributed by atoms with Crippen molar-refractivity contribution in [2.24, 2.45) is 0 Å². The van der Waals surface area contributed by atoms with E-state index in [1.807, 2.05) is 97.4 Å². The first-order valence-electron chi connectivity index (χ1n) is 13.0. The van der Waals surface area contributed by atoms with Crippen LogP contribution in [0.3, 0.4) is 0 Å². The van der Waals surface area contributed by atoms with Gasteiger partial charge in [-0.2, -0.15) is 0 Å². The summed E-state index contributed by atoms with van der Waals surface area (Å²) in [6.07, 6.45) is 3.67. The first-order valence-corrected chi connectivity index (χ1v) is 13.0. The molecule has 2 amide bonds. The molecule has 0 bridgehead atoms. The summed E-state index contributed by atoms with van der Waals surface area (Å²) < 4.78 is 7.66. The number of aromatic nitrogens is 2. The number of nitrogens with one attached hydrogen (secondary N) is 1. The third-order valence-electron chi connectivity index (χ3n) is 6.78. The van der Waals surface area contributed by atoms with E-state index in [4.69, 9.17) is 9.72 Å². The number of amides is 2. The predicted molar refractivity (Wildman–Crippen MR) is 148 cm³/mol. The smallest absolute Gasteiger partial charge is 0.254 e. The molecule has 1 aliphatic rings. The van der Waals surface area contributed by atoms with Gasteiger partial charge in [0.25, 0.3) is 5.91 Å². The molecule has 38 heavy (non-hydrogen) atoms. The van der Waals surface area contributed by atoms with Crippen molar-refractivity contribution < 1.29 is 14.3 Å². The van der Waals surface area contributed by atoms with Gasteiger partial charge in [0, 0.05) is 36.2 Å². The molecule has 0 aliphatic carbocycles. The van der Waals surface area contributed by atoms with E-state index in [0.29, 0.717) is 24.7 Å². The van der Waals surface area contributed by atoms with Crippen molar-refractivity contribution in [3.8, 4) is 16.9 Å². The summed E-state index contributed by atoms with van der Waals surface area (Å²) in [7, 11) is 0. The Morgan fingerprint density at radius 2 is 1.74 bits per heavy atom. The summed E-state index contributed by atoms with van der Waals surface area (Å²) in [5, 5.41) is 2.97. The van der Waals surface area contributed by atoms with Crippen molar-refractivity contribution in [3.63, 3.8) is 0 Å². The lowest BCUT2D eigenvalue weighted by molar-refractivity contribution is -0.117. The summed E-state index contributed by atoms with van der Waals surface area (Å²) in [5.74, 6) is -0.0952. The molecule has 1 aromatic heterocycles. The van der Waals surface area contributed by atoms with Gasteiger partial charge in [-0.3, -0.25) is 19.5 Å². The topological polar surface area (TPSA) is 76.5 Å². The number of anilines is 1. The number of carbonyl (C=O) groups is 2. The zero-order valence-electron chi connectivity index (χ0n) is 21.8. The summed E-state index contributed by atoms with van der Waals surface area (Å²) in [4.78, 5) is 33.3. The molecular weight excluding hydrogens is 476 g/mol. The first kappa shape index (κ1) is 25.4. The van der Waals surface area contributed by atoms with Gasteiger partial charge >= 0.3 is 0 Å². The Kier molecular flexibility index (Phi) is 7.65. The number of nitrogens with zero attached hydrogens (tertiary/aromatic N) is 3. The van der Waals surface area contributed by atoms with Crippen LogP contribution in [0.15, 0.2) is 85.1 Å². The highest BCUT2D eigenvalue weighted by molar-refractivity contribution is 6.00. The first-order chi connectivity index (χ1) is 18.5. The Morgan fingerprint density at radius 3 is 2.45 bits per heavy atom. The standard InChI is InChI=1S/C31H32N4O3/c1-22-14-16-25(17-15-22)35-20-28(24-10-4-3-5-11-24)32-31(35)33-29(36)21-34(19-26-12-8-18-38-26)30(37)27-13-7-6-9-23(27)2/h3-7,9-11,13-17,20,26H,8,12,18-19,21H2,1-2H3,(H,32,33,36)/t26-/m0/s1. The van der Waals surface area contributed by atoms with E-state index < -0.39 is 0 Å². The Balaban J connectivity index is 1.41. The number of benzene rings is 3. The van der Waals surface area contributed by atoms with Crippen LogP contribution in [-0.4, -0.2) is 52.1 Å². The number of hydrogen-bond acceptors (Lipinski definition) is 4. The molecular formula is C31H32N4O3. The SMILES string of the molecule is Cc1ccc(-n2cc(-c3ccccc3)nc2NC(=O)CN(C[C@@H]2CCCO2)C(=O)c2ccccc2C)cc1. The summed E-state index contributed by atoms with van der Waals surface area (Å²) in [5.41, 5.74) is 5.18. The van der Waals surface area contributed by atoms with Gasteiger partial charge < -0.3 is 9.64 Å². The molecule has 0 spiro atoms. The minimum absolute atomic E-state index is 0.0741. The van der Waals surface area contributed by atoms with E-state index in [1.165, 1.54) is 0 Å². The number of ether oxygens (including phenoxy) is 1. The number of carbonyl (C=O) groups excluding carboxylic acids is 2. The van der Waals surface area contributed by atoms with Crippen molar-refractivity contribution in [2.75, 3.05) is 25.0 Å². The zero-order valence-corrected chi connectivity index (χ0v) is 21.8. The van der Waals surface area contributed by atoms with Gasteiger partial charge in [-0.25, -0.2) is 4.98 Å². The molecule has 1 aliphatic heterocycles. The molecule has 4 aromatic rings. The Morgan fingerprint density at radius 1 is 1.00 bits per heavy atom. The Labute approximate surface area is 223 Å². The van der Waals surface area contributed by atoms with Crippen LogP contribution in [-0.2, 0) is 9.53 Å². The van der Waals surface area contributed by atoms with Crippen molar-refractivity contribution in [3.05, 3.63) is 102 Å². The molecule has 0 unspecified atom stereocenters. The highest BCUT2D eigenvalue weighted by atomic mass is 16.5. The minimum Gasteiger partial charge on any atom is -0.376 e. The van der Waals surface area contributed by atoms with Gasteiger partial charge in [-0.05, 0) is 50.5 Å². The van der Waals surface area contributed by atoms with Crippen LogP contribution in [0.2, 0.25) is 0 Å². The molecule has 1 saturated heterocycles. The second-order valence-corrected chi connectivity index (χ2v) is 9.71. The molecule has 194 valence electrons. The average molecular weight is 509 g/mol. The zero-order chi connectivity index (χ0) is 26.5. The van der Waals surface area contributed by atoms with E-state index in [-0.39, 0.29) is 24.5 Å². The van der Waals surface area contributed by atoms with Crippen molar-refractivity contribution in [2.45, 2.75) is 32.8 Å². The predicted octanol–water partition coefficient (Wildman–Crippen LogP) is 5.42. The van der Waals surface area contributed by atoms with Crippen LogP contribution >= 0.6 is 0 Å². The fourth-order valence-electron chi connectivity index (χ4n) is 4.69. The molecule has 5 rings (SSSR count). The molecule has 1 atom stereocenters. The second-order valence-electron chi connectivity index (χ2n) is 9.71. The Bertz CT molecular complexity index is 1410. The van der Waals surface area contributed by atoms with Gasteiger partial charge in [-0.15, -0.1) is 0 Å². The number of imidazole rings is 1. The molecule has 0 radical (unpaired) electrons. The summed E-state index contributed by atoms with van der Waals surface area (Å²) >= 11 is 0. The van der Waals surface area contributed by atoms with Crippen LogP contribution in [0.4, 0.5) is 5.95 Å². The van der Waals surface area contributed by atoms with E-state index in [2.05, 4.69) is 5.32 Å². The largest absolute Gasteiger partial charge is 0.376 e. The van der Waals surface area contributed by atoms with Gasteiger partial charge in [0.05, 0.1) is 11.8 Å². The van der Waals surface area contributed by atoms with Crippen molar-refractivity contribution >= 4 is 17.8 Å². The maximum absolute atomic E-state index is 13.5. The summed E-state index contributed by atoms with van der Waals surface area (Å²) in [6.45, 7) is 4.88. The molecule has 1 fully saturated rings. The molecule has 7 nitrogen and oxygen atoms in total. The molecule has 2 heterocycles. The molecule has 3 aromatic carbocycles. The van der Waals surface area contributed by atoms with Gasteiger partial charge in [-0.1, -0.05) is 66.2 Å². The number of rotatable bonds is 8. The van der Waals surface area contributed by atoms with Gasteiger partial charge in [0.1, 0.15) is 6.54 Å². The molecule has 7 heteroatoms. The maximum atomic E-state index is 13.5. The van der Waals surface area contributed by atoms with Crippen LogP contribution < -0.4 is 5.32 Å². The highest BCUT2D eigenvalue weighted by Gasteiger charge is 2.26. The van der Waals surface area contributed by atoms with E-state index in [0.717, 1.165) is 40.9 Å². The fourth-order valence-corrected chi connectivity index (χ4v) is 4.69. The minimum atomic E-state index is -0.316. The molecule has 0 saturated carbocycles. The maximum Gasteiger partial charge on any atom is 0.254 e. The monoisotopic (exact) mass is 508 g/mol. The third kappa shape index (κ3) is 5.84. The van der Waals surface area contributed by atoms with Crippen LogP contribution in [0.1, 0.15) is 34.3 Å². The normalized spacial score (nSPS) is 14.8. The number of hydrogen-bond donors (Lipinski definition) is 1. The van der Waals surface area contributed by atoms with E-state index in [9.17, 15) is 9.59 Å². The van der Waals surface area contributed by atoms with Crippen LogP contribution in [0.5, 0.6) is 0 Å². The molecule has 1 N–H and O–H groups in total. The lowest BCUT2D eigenvalue weighted by atomic mass is 10.1. The quantitative estimate of drug-likeness (QED) is 0.345. The Hall–Kier alpha value is -4.23. The third-order valence-corrected chi connectivity index (χ3v) is 6.78. The fraction of sp³-hybridized carbons (Fsp3) is 0.258. The lowest BCUT2D eigenvalue weighted by Gasteiger charge is -2.25. The van der Waals surface area contributed by atoms with E-state index in [1.54, 1.807) is 11.0 Å². The van der Waals surface area contributed by atoms with Crippen molar-refractivity contribution in [1.82, 2.24) is 14.5 Å². The second kappa shape index (κ2) is 11.4. The number of aryl methyl sites for hydroxylation is 2. The van der Waals surface area contributed by atoms with Gasteiger partial charge in [0.15, 0.2) is 0 Å². The summed E-state index contributed by atoms with van der Waals surface area (Å²) in [6, 6.07) is 25.3. The van der Waals surface area contributed by atoms with Crippen LogP contribution in [0.25, 0.3) is 16.9 Å². The van der Waals surface area contributed by atoms with E-state index >= 15 is 0 Å².